The summed E-state index contributed by atoms with van der Waals surface area (Å²) in [6.45, 7) is 0. The van der Waals surface area contributed by atoms with Crippen LogP contribution in [0.2, 0.25) is 0 Å². The third kappa shape index (κ3) is 3.82. The van der Waals surface area contributed by atoms with Gasteiger partial charge in [0.2, 0.25) is 0 Å². The van der Waals surface area contributed by atoms with E-state index in [0.29, 0.717) is 17.1 Å². The number of halogens is 1. The Morgan fingerprint density at radius 1 is 1.31 bits per heavy atom. The lowest BCUT2D eigenvalue weighted by molar-refractivity contribution is -0.131. The first-order chi connectivity index (χ1) is 7.17. The molecule has 0 aromatic heterocycles. The molecule has 0 atom stereocenters. The Labute approximate surface area is 99.9 Å². The van der Waals surface area contributed by atoms with E-state index in [4.69, 9.17) is 14.6 Å². The highest BCUT2D eigenvalue weighted by atomic mass is 35.5. The first-order valence-electron chi connectivity index (χ1n) is 4.30. The van der Waals surface area contributed by atoms with E-state index in [-0.39, 0.29) is 12.4 Å². The lowest BCUT2D eigenvalue weighted by Crippen LogP contribution is -1.91. The van der Waals surface area contributed by atoms with E-state index < -0.39 is 5.97 Å². The fourth-order valence-electron chi connectivity index (χ4n) is 1.12. The largest absolute Gasteiger partial charge is 0.497 e. The highest BCUT2D eigenvalue weighted by Gasteiger charge is 2.02. The molecule has 0 saturated heterocycles. The van der Waals surface area contributed by atoms with Crippen molar-refractivity contribution in [2.45, 2.75) is 0 Å². The number of carboxylic acid groups (broad SMARTS) is 1. The molecular weight excluding hydrogens is 232 g/mol. The van der Waals surface area contributed by atoms with Gasteiger partial charge in [0.25, 0.3) is 0 Å². The maximum Gasteiger partial charge on any atom is 0.328 e. The van der Waals surface area contributed by atoms with Gasteiger partial charge >= 0.3 is 5.97 Å². The van der Waals surface area contributed by atoms with Crippen molar-refractivity contribution in [3.63, 3.8) is 0 Å². The number of benzene rings is 1. The van der Waals surface area contributed by atoms with Gasteiger partial charge in [-0.3, -0.25) is 0 Å². The molecule has 0 saturated carbocycles. The van der Waals surface area contributed by atoms with Crippen LogP contribution in [0.3, 0.4) is 0 Å². The van der Waals surface area contributed by atoms with Crippen LogP contribution in [-0.4, -0.2) is 25.3 Å². The van der Waals surface area contributed by atoms with Crippen molar-refractivity contribution in [1.29, 1.82) is 0 Å². The zero-order valence-electron chi connectivity index (χ0n) is 8.97. The van der Waals surface area contributed by atoms with E-state index in [2.05, 4.69) is 0 Å². The smallest absolute Gasteiger partial charge is 0.328 e. The monoisotopic (exact) mass is 244 g/mol. The van der Waals surface area contributed by atoms with Crippen LogP contribution >= 0.6 is 12.4 Å². The fraction of sp³-hybridized carbons (Fsp3) is 0.182. The normalized spacial score (nSPS) is 9.62. The second-order valence-corrected chi connectivity index (χ2v) is 2.78. The molecule has 4 nitrogen and oxygen atoms in total. The van der Waals surface area contributed by atoms with Crippen LogP contribution in [0.4, 0.5) is 0 Å². The standard InChI is InChI=1S/C11H12O4.ClH/c1-14-9-5-3-8(4-6-11(12)13)10(7-9)15-2;/h3-7H,1-2H3,(H,12,13);1H. The summed E-state index contributed by atoms with van der Waals surface area (Å²) in [6, 6.07) is 5.17. The minimum absolute atomic E-state index is 0. The first kappa shape index (κ1) is 14.3. The third-order valence-corrected chi connectivity index (χ3v) is 1.85. The SMILES string of the molecule is COc1ccc(C=CC(=O)O)c(OC)c1.Cl. The average Bonchev–Trinajstić information content (AvgIpc) is 2.25. The lowest BCUT2D eigenvalue weighted by atomic mass is 10.2. The van der Waals surface area contributed by atoms with Gasteiger partial charge in [-0.2, -0.15) is 0 Å². The predicted molar refractivity (Wildman–Crippen MR) is 63.5 cm³/mol. The Kier molecular flexibility index (Phi) is 6.03. The summed E-state index contributed by atoms with van der Waals surface area (Å²) in [6.07, 6.45) is 2.53. The summed E-state index contributed by atoms with van der Waals surface area (Å²) >= 11 is 0. The number of hydrogen-bond donors (Lipinski definition) is 1. The van der Waals surface area contributed by atoms with Crippen LogP contribution in [0.15, 0.2) is 24.3 Å². The molecule has 16 heavy (non-hydrogen) atoms. The Bertz CT molecular complexity index is 388. The highest BCUT2D eigenvalue weighted by Crippen LogP contribution is 2.25. The van der Waals surface area contributed by atoms with Crippen molar-refractivity contribution in [3.8, 4) is 11.5 Å². The Balaban J connectivity index is 0.00000225. The van der Waals surface area contributed by atoms with Gasteiger partial charge in [0.15, 0.2) is 0 Å². The molecule has 0 bridgehead atoms. The summed E-state index contributed by atoms with van der Waals surface area (Å²) < 4.78 is 10.1. The van der Waals surface area contributed by atoms with Crippen LogP contribution in [0, 0.1) is 0 Å². The van der Waals surface area contributed by atoms with Gasteiger partial charge in [0.05, 0.1) is 14.2 Å². The molecule has 0 fully saturated rings. The van der Waals surface area contributed by atoms with Crippen molar-refractivity contribution >= 4 is 24.5 Å². The van der Waals surface area contributed by atoms with E-state index in [1.54, 1.807) is 25.3 Å². The molecule has 0 aliphatic heterocycles. The van der Waals surface area contributed by atoms with Crippen LogP contribution in [0.5, 0.6) is 11.5 Å². The van der Waals surface area contributed by atoms with Gasteiger partial charge in [0, 0.05) is 17.7 Å². The average molecular weight is 245 g/mol. The van der Waals surface area contributed by atoms with Gasteiger partial charge in [-0.25, -0.2) is 4.79 Å². The molecule has 0 unspecified atom stereocenters. The van der Waals surface area contributed by atoms with Crippen LogP contribution in [0.1, 0.15) is 5.56 Å². The number of methoxy groups -OCH3 is 2. The molecule has 0 spiro atoms. The minimum Gasteiger partial charge on any atom is -0.497 e. The second kappa shape index (κ2) is 6.74. The summed E-state index contributed by atoms with van der Waals surface area (Å²) in [7, 11) is 3.08. The third-order valence-electron chi connectivity index (χ3n) is 1.85. The number of ether oxygens (including phenoxy) is 2. The van der Waals surface area contributed by atoms with Crippen molar-refractivity contribution in [1.82, 2.24) is 0 Å². The van der Waals surface area contributed by atoms with Gasteiger partial charge in [0.1, 0.15) is 11.5 Å². The zero-order chi connectivity index (χ0) is 11.3. The molecule has 0 aliphatic rings. The maximum atomic E-state index is 10.3. The van der Waals surface area contributed by atoms with Crippen LogP contribution in [0.25, 0.3) is 6.08 Å². The summed E-state index contributed by atoms with van der Waals surface area (Å²) in [5, 5.41) is 8.49. The molecule has 1 aromatic rings. The van der Waals surface area contributed by atoms with E-state index >= 15 is 0 Å². The van der Waals surface area contributed by atoms with E-state index in [1.807, 2.05) is 0 Å². The van der Waals surface area contributed by atoms with Gasteiger partial charge in [-0.1, -0.05) is 0 Å². The summed E-state index contributed by atoms with van der Waals surface area (Å²) in [5.74, 6) is 0.249. The molecule has 0 heterocycles. The molecular formula is C11H13ClO4. The molecule has 5 heteroatoms. The predicted octanol–water partition coefficient (Wildman–Crippen LogP) is 2.22. The zero-order valence-corrected chi connectivity index (χ0v) is 9.78. The van der Waals surface area contributed by atoms with E-state index in [1.165, 1.54) is 13.2 Å². The molecule has 1 aromatic carbocycles. The topological polar surface area (TPSA) is 55.8 Å². The molecule has 0 radical (unpaired) electrons. The number of rotatable bonds is 4. The molecule has 88 valence electrons. The number of hydrogen-bond acceptors (Lipinski definition) is 3. The second-order valence-electron chi connectivity index (χ2n) is 2.78. The van der Waals surface area contributed by atoms with Crippen molar-refractivity contribution in [3.05, 3.63) is 29.8 Å². The lowest BCUT2D eigenvalue weighted by Gasteiger charge is -2.06. The number of carboxylic acids is 1. The fourth-order valence-corrected chi connectivity index (χ4v) is 1.12. The quantitative estimate of drug-likeness (QED) is 0.826. The molecule has 0 amide bonds. The van der Waals surface area contributed by atoms with E-state index in [9.17, 15) is 4.79 Å². The number of aliphatic carboxylic acids is 1. The first-order valence-corrected chi connectivity index (χ1v) is 4.30. The van der Waals surface area contributed by atoms with Crippen molar-refractivity contribution in [2.75, 3.05) is 14.2 Å². The van der Waals surface area contributed by atoms with Crippen molar-refractivity contribution < 1.29 is 19.4 Å². The molecule has 1 N–H and O–H groups in total. The number of carbonyl (C=O) groups is 1. The maximum absolute atomic E-state index is 10.3. The summed E-state index contributed by atoms with van der Waals surface area (Å²) in [4.78, 5) is 10.3. The minimum atomic E-state index is -0.993. The molecule has 0 aliphatic carbocycles. The van der Waals surface area contributed by atoms with Gasteiger partial charge < -0.3 is 14.6 Å². The Hall–Kier alpha value is -1.68. The van der Waals surface area contributed by atoms with Crippen LogP contribution in [-0.2, 0) is 4.79 Å². The Morgan fingerprint density at radius 2 is 2.00 bits per heavy atom. The Morgan fingerprint density at radius 3 is 2.50 bits per heavy atom. The van der Waals surface area contributed by atoms with Crippen LogP contribution < -0.4 is 9.47 Å². The summed E-state index contributed by atoms with van der Waals surface area (Å²) in [5.41, 5.74) is 0.695. The van der Waals surface area contributed by atoms with E-state index in [0.717, 1.165) is 6.08 Å². The molecule has 1 rings (SSSR count). The highest BCUT2D eigenvalue weighted by molar-refractivity contribution is 5.86. The van der Waals surface area contributed by atoms with Gasteiger partial charge in [-0.15, -0.1) is 12.4 Å². The van der Waals surface area contributed by atoms with Crippen molar-refractivity contribution in [2.24, 2.45) is 0 Å². The van der Waals surface area contributed by atoms with Gasteiger partial charge in [-0.05, 0) is 18.2 Å².